The number of halogens is 1. The maximum absolute atomic E-state index is 5.37. The van der Waals surface area contributed by atoms with Crippen LogP contribution in [0, 0.1) is 6.92 Å². The van der Waals surface area contributed by atoms with Gasteiger partial charge in [0, 0.05) is 24.3 Å². The van der Waals surface area contributed by atoms with Gasteiger partial charge in [-0.2, -0.15) is 0 Å². The molecule has 3 nitrogen and oxygen atoms in total. The molecular formula is C11H15BrN2O. The van der Waals surface area contributed by atoms with E-state index < -0.39 is 0 Å². The Balaban J connectivity index is 2.17. The summed E-state index contributed by atoms with van der Waals surface area (Å²) in [5, 5.41) is 0. The molecule has 4 heteroatoms. The number of rotatable bonds is 2. The molecule has 0 amide bonds. The Kier molecular flexibility index (Phi) is 3.26. The lowest BCUT2D eigenvalue weighted by Gasteiger charge is -2.24. The Hall–Kier alpha value is -0.610. The van der Waals surface area contributed by atoms with E-state index >= 15 is 0 Å². The van der Waals surface area contributed by atoms with Gasteiger partial charge in [-0.15, -0.1) is 0 Å². The fourth-order valence-electron chi connectivity index (χ4n) is 1.73. The van der Waals surface area contributed by atoms with Crippen LogP contribution in [0.25, 0.3) is 0 Å². The number of hydrogen-bond donors (Lipinski definition) is 0. The topological polar surface area (TPSA) is 25.4 Å². The number of pyridine rings is 1. The van der Waals surface area contributed by atoms with Gasteiger partial charge < -0.3 is 9.64 Å². The summed E-state index contributed by atoms with van der Waals surface area (Å²) in [6, 6.07) is 2.57. The van der Waals surface area contributed by atoms with E-state index in [2.05, 4.69) is 45.9 Å². The minimum atomic E-state index is 0.470. The molecule has 1 aliphatic heterocycles. The van der Waals surface area contributed by atoms with E-state index in [4.69, 9.17) is 4.74 Å². The Bertz CT molecular complexity index is 350. The zero-order valence-corrected chi connectivity index (χ0v) is 10.6. The Morgan fingerprint density at radius 1 is 1.60 bits per heavy atom. The highest BCUT2D eigenvalue weighted by molar-refractivity contribution is 9.10. The number of aryl methyl sites for hydroxylation is 1. The van der Waals surface area contributed by atoms with Gasteiger partial charge in [-0.05, 0) is 40.9 Å². The second kappa shape index (κ2) is 4.49. The first-order chi connectivity index (χ1) is 7.18. The normalized spacial score (nSPS) is 20.6. The minimum Gasteiger partial charge on any atom is -0.379 e. The zero-order chi connectivity index (χ0) is 10.8. The molecule has 0 aromatic carbocycles. The molecule has 1 atom stereocenters. The molecule has 0 saturated carbocycles. The monoisotopic (exact) mass is 270 g/mol. The van der Waals surface area contributed by atoms with Crippen molar-refractivity contribution in [1.82, 2.24) is 4.98 Å². The smallest absolute Gasteiger partial charge is 0.128 e. The molecule has 0 radical (unpaired) electrons. The Labute approximate surface area is 98.6 Å². The molecule has 1 aromatic heterocycles. The molecule has 0 aliphatic carbocycles. The van der Waals surface area contributed by atoms with E-state index in [0.717, 1.165) is 29.9 Å². The van der Waals surface area contributed by atoms with Gasteiger partial charge in [0.05, 0.1) is 12.6 Å². The van der Waals surface area contributed by atoms with Crippen LogP contribution in [0.15, 0.2) is 16.7 Å². The lowest BCUT2D eigenvalue weighted by molar-refractivity contribution is 0.193. The first-order valence-electron chi connectivity index (χ1n) is 5.11. The summed E-state index contributed by atoms with van der Waals surface area (Å²) >= 11 is 3.46. The van der Waals surface area contributed by atoms with Crippen LogP contribution in [-0.4, -0.2) is 31.3 Å². The van der Waals surface area contributed by atoms with Crippen LogP contribution in [0.4, 0.5) is 5.82 Å². The summed E-state index contributed by atoms with van der Waals surface area (Å²) in [5.74, 6) is 1.02. The maximum atomic E-state index is 5.37. The highest BCUT2D eigenvalue weighted by Crippen LogP contribution is 2.22. The summed E-state index contributed by atoms with van der Waals surface area (Å²) in [6.45, 7) is 3.76. The number of likely N-dealkylation sites (N-methyl/N-ethyl adjacent to an activating group) is 1. The largest absolute Gasteiger partial charge is 0.379 e. The minimum absolute atomic E-state index is 0.470. The van der Waals surface area contributed by atoms with E-state index in [1.54, 1.807) is 0 Å². The predicted octanol–water partition coefficient (Wildman–Crippen LogP) is 2.38. The van der Waals surface area contributed by atoms with Crippen LogP contribution < -0.4 is 4.90 Å². The fraction of sp³-hybridized carbons (Fsp3) is 0.545. The first-order valence-corrected chi connectivity index (χ1v) is 5.90. The van der Waals surface area contributed by atoms with Crippen molar-refractivity contribution in [2.75, 3.05) is 25.2 Å². The number of hydrogen-bond acceptors (Lipinski definition) is 3. The lowest BCUT2D eigenvalue weighted by Crippen LogP contribution is -2.32. The molecule has 15 heavy (non-hydrogen) atoms. The lowest BCUT2D eigenvalue weighted by atomic mass is 10.2. The molecule has 0 N–H and O–H groups in total. The molecule has 2 heterocycles. The van der Waals surface area contributed by atoms with Crippen molar-refractivity contribution in [3.05, 3.63) is 22.3 Å². The highest BCUT2D eigenvalue weighted by atomic mass is 79.9. The van der Waals surface area contributed by atoms with Crippen LogP contribution in [0.5, 0.6) is 0 Å². The zero-order valence-electron chi connectivity index (χ0n) is 9.03. The molecule has 1 saturated heterocycles. The van der Waals surface area contributed by atoms with Crippen LogP contribution in [0.1, 0.15) is 12.0 Å². The summed E-state index contributed by atoms with van der Waals surface area (Å²) < 4.78 is 6.43. The van der Waals surface area contributed by atoms with Gasteiger partial charge in [0.1, 0.15) is 5.82 Å². The molecule has 1 aliphatic rings. The maximum Gasteiger partial charge on any atom is 0.128 e. The van der Waals surface area contributed by atoms with E-state index in [0.29, 0.717) is 6.04 Å². The highest BCUT2D eigenvalue weighted by Gasteiger charge is 2.21. The standard InChI is InChI=1S/C11H15BrN2O/c1-8-5-11(13-6-10(8)12)14(2)9-3-4-15-7-9/h5-6,9H,3-4,7H2,1-2H3. The van der Waals surface area contributed by atoms with Crippen molar-refractivity contribution in [3.8, 4) is 0 Å². The molecule has 1 unspecified atom stereocenters. The average molecular weight is 271 g/mol. The van der Waals surface area contributed by atoms with Crippen molar-refractivity contribution >= 4 is 21.7 Å². The third-order valence-corrected chi connectivity index (χ3v) is 3.68. The van der Waals surface area contributed by atoms with Crippen molar-refractivity contribution in [2.45, 2.75) is 19.4 Å². The van der Waals surface area contributed by atoms with Crippen LogP contribution in [-0.2, 0) is 4.74 Å². The quantitative estimate of drug-likeness (QED) is 0.825. The Morgan fingerprint density at radius 3 is 3.00 bits per heavy atom. The first kappa shape index (κ1) is 10.9. The third kappa shape index (κ3) is 2.32. The number of aromatic nitrogens is 1. The van der Waals surface area contributed by atoms with Gasteiger partial charge >= 0.3 is 0 Å². The summed E-state index contributed by atoms with van der Waals surface area (Å²) in [7, 11) is 2.08. The van der Waals surface area contributed by atoms with Crippen LogP contribution in [0.3, 0.4) is 0 Å². The van der Waals surface area contributed by atoms with Crippen molar-refractivity contribution in [2.24, 2.45) is 0 Å². The van der Waals surface area contributed by atoms with Gasteiger partial charge in [0.25, 0.3) is 0 Å². The molecule has 1 fully saturated rings. The predicted molar refractivity (Wildman–Crippen MR) is 64.3 cm³/mol. The summed E-state index contributed by atoms with van der Waals surface area (Å²) in [5.41, 5.74) is 1.21. The van der Waals surface area contributed by atoms with Crippen molar-refractivity contribution in [1.29, 1.82) is 0 Å². The summed E-state index contributed by atoms with van der Waals surface area (Å²) in [6.07, 6.45) is 2.95. The second-order valence-corrected chi connectivity index (χ2v) is 4.77. The molecule has 0 bridgehead atoms. The van der Waals surface area contributed by atoms with Gasteiger partial charge in [0.2, 0.25) is 0 Å². The average Bonchev–Trinajstić information content (AvgIpc) is 2.74. The van der Waals surface area contributed by atoms with E-state index in [1.165, 1.54) is 5.56 Å². The SMILES string of the molecule is Cc1cc(N(C)C2CCOC2)ncc1Br. The number of nitrogens with zero attached hydrogens (tertiary/aromatic N) is 2. The molecule has 0 spiro atoms. The Morgan fingerprint density at radius 2 is 2.40 bits per heavy atom. The third-order valence-electron chi connectivity index (χ3n) is 2.85. The van der Waals surface area contributed by atoms with E-state index in [9.17, 15) is 0 Å². The van der Waals surface area contributed by atoms with Crippen molar-refractivity contribution in [3.63, 3.8) is 0 Å². The van der Waals surface area contributed by atoms with Crippen LogP contribution >= 0.6 is 15.9 Å². The van der Waals surface area contributed by atoms with E-state index in [-0.39, 0.29) is 0 Å². The van der Waals surface area contributed by atoms with Crippen LogP contribution in [0.2, 0.25) is 0 Å². The van der Waals surface area contributed by atoms with E-state index in [1.807, 2.05) is 6.20 Å². The van der Waals surface area contributed by atoms with Gasteiger partial charge in [0.15, 0.2) is 0 Å². The number of anilines is 1. The van der Waals surface area contributed by atoms with Gasteiger partial charge in [-0.3, -0.25) is 0 Å². The molecule has 1 aromatic rings. The van der Waals surface area contributed by atoms with Crippen molar-refractivity contribution < 1.29 is 4.74 Å². The second-order valence-electron chi connectivity index (χ2n) is 3.92. The summed E-state index contributed by atoms with van der Waals surface area (Å²) in [4.78, 5) is 6.61. The number of ether oxygens (including phenoxy) is 1. The van der Waals surface area contributed by atoms with Gasteiger partial charge in [-0.25, -0.2) is 4.98 Å². The molecular weight excluding hydrogens is 256 g/mol. The fourth-order valence-corrected chi connectivity index (χ4v) is 1.95. The molecule has 82 valence electrons. The van der Waals surface area contributed by atoms with Gasteiger partial charge in [-0.1, -0.05) is 0 Å². The molecule has 2 rings (SSSR count).